The molecule has 1 atom stereocenters. The summed E-state index contributed by atoms with van der Waals surface area (Å²) in [5.74, 6) is 3.18. The zero-order valence-electron chi connectivity index (χ0n) is 13.7. The van der Waals surface area contributed by atoms with E-state index in [-0.39, 0.29) is 0 Å². The predicted molar refractivity (Wildman–Crippen MR) is 92.6 cm³/mol. The second-order valence-corrected chi connectivity index (χ2v) is 5.82. The topological polar surface area (TPSA) is 56.7 Å². The van der Waals surface area contributed by atoms with Crippen molar-refractivity contribution in [3.05, 3.63) is 18.1 Å². The third-order valence-corrected chi connectivity index (χ3v) is 4.30. The summed E-state index contributed by atoms with van der Waals surface area (Å²) in [7, 11) is 0. The maximum absolute atomic E-state index is 5.98. The highest BCUT2D eigenvalue weighted by Crippen LogP contribution is 2.29. The number of hydrogen-bond donors (Lipinski definition) is 1. The maximum Gasteiger partial charge on any atom is 0.147 e. The van der Waals surface area contributed by atoms with Gasteiger partial charge in [-0.25, -0.2) is 9.97 Å². The smallest absolute Gasteiger partial charge is 0.147 e. The molecule has 118 valence electrons. The Labute approximate surface area is 133 Å². The van der Waals surface area contributed by atoms with E-state index in [1.54, 1.807) is 0 Å². The standard InChI is InChI=1S/C18H26N4/c1-4-7-8-9-10-11-15(6-3)22-12-14(5-2)16-17(19)20-13-21-18(16)22/h2,12-13,15H,4,6-11H2,1,3H3,(H2,19,20,21). The zero-order chi connectivity index (χ0) is 15.9. The van der Waals surface area contributed by atoms with Gasteiger partial charge in [-0.15, -0.1) is 6.42 Å². The summed E-state index contributed by atoms with van der Waals surface area (Å²) in [6.45, 7) is 4.45. The quantitative estimate of drug-likeness (QED) is 0.583. The zero-order valence-corrected chi connectivity index (χ0v) is 13.7. The molecule has 22 heavy (non-hydrogen) atoms. The molecule has 0 amide bonds. The number of fused-ring (bicyclic) bond motifs is 1. The van der Waals surface area contributed by atoms with Gasteiger partial charge in [0.15, 0.2) is 0 Å². The summed E-state index contributed by atoms with van der Waals surface area (Å²) in [6, 6.07) is 0.417. The molecule has 2 aromatic heterocycles. The summed E-state index contributed by atoms with van der Waals surface area (Å²) in [5.41, 5.74) is 7.63. The normalized spacial score (nSPS) is 12.4. The molecule has 2 rings (SSSR count). The molecule has 2 N–H and O–H groups in total. The number of nitrogens with zero attached hydrogens (tertiary/aromatic N) is 3. The van der Waals surface area contributed by atoms with E-state index in [1.165, 1.54) is 38.4 Å². The van der Waals surface area contributed by atoms with E-state index in [9.17, 15) is 0 Å². The van der Waals surface area contributed by atoms with Gasteiger partial charge in [0.05, 0.1) is 10.9 Å². The Bertz CT molecular complexity index is 651. The second-order valence-electron chi connectivity index (χ2n) is 5.82. The van der Waals surface area contributed by atoms with E-state index in [1.807, 2.05) is 6.20 Å². The summed E-state index contributed by atoms with van der Waals surface area (Å²) in [6.07, 6.45) is 17.8. The van der Waals surface area contributed by atoms with Crippen molar-refractivity contribution in [2.75, 3.05) is 5.73 Å². The fraction of sp³-hybridized carbons (Fsp3) is 0.556. The Kier molecular flexibility index (Phi) is 5.83. The van der Waals surface area contributed by atoms with Gasteiger partial charge in [-0.3, -0.25) is 0 Å². The number of unbranched alkanes of at least 4 members (excludes halogenated alkanes) is 4. The van der Waals surface area contributed by atoms with Crippen LogP contribution in [0.5, 0.6) is 0 Å². The fourth-order valence-electron chi connectivity index (χ4n) is 3.02. The summed E-state index contributed by atoms with van der Waals surface area (Å²) in [4.78, 5) is 8.48. The lowest BCUT2D eigenvalue weighted by atomic mass is 10.0. The first-order chi connectivity index (χ1) is 10.7. The van der Waals surface area contributed by atoms with Crippen molar-refractivity contribution in [2.24, 2.45) is 0 Å². The largest absolute Gasteiger partial charge is 0.383 e. The molecule has 2 heterocycles. The van der Waals surface area contributed by atoms with Crippen LogP contribution in [-0.4, -0.2) is 14.5 Å². The molecule has 0 saturated heterocycles. The van der Waals surface area contributed by atoms with Crippen LogP contribution < -0.4 is 5.73 Å². The Hall–Kier alpha value is -2.02. The summed E-state index contributed by atoms with van der Waals surface area (Å²) in [5, 5.41) is 0.814. The average Bonchev–Trinajstić information content (AvgIpc) is 2.91. The van der Waals surface area contributed by atoms with Gasteiger partial charge in [-0.2, -0.15) is 0 Å². The SMILES string of the molecule is C#Cc1cn(C(CC)CCCCCCC)c2ncnc(N)c12. The number of nitrogens with two attached hydrogens (primary N) is 1. The van der Waals surface area contributed by atoms with Crippen molar-refractivity contribution in [1.29, 1.82) is 0 Å². The number of nitrogen functional groups attached to an aromatic ring is 1. The van der Waals surface area contributed by atoms with Crippen molar-refractivity contribution in [3.8, 4) is 12.3 Å². The van der Waals surface area contributed by atoms with Gasteiger partial charge in [-0.05, 0) is 12.8 Å². The molecule has 0 spiro atoms. The van der Waals surface area contributed by atoms with Crippen molar-refractivity contribution >= 4 is 16.9 Å². The van der Waals surface area contributed by atoms with Crippen molar-refractivity contribution in [1.82, 2.24) is 14.5 Å². The highest BCUT2D eigenvalue weighted by atomic mass is 15.1. The third kappa shape index (κ3) is 3.41. The first-order valence-corrected chi connectivity index (χ1v) is 8.30. The maximum atomic E-state index is 5.98. The number of aromatic nitrogens is 3. The molecule has 0 saturated carbocycles. The first kappa shape index (κ1) is 16.4. The fourth-order valence-corrected chi connectivity index (χ4v) is 3.02. The van der Waals surface area contributed by atoms with E-state index in [0.29, 0.717) is 11.9 Å². The molecule has 4 heteroatoms. The van der Waals surface area contributed by atoms with Crippen LogP contribution in [0.3, 0.4) is 0 Å². The van der Waals surface area contributed by atoms with Gasteiger partial charge >= 0.3 is 0 Å². The van der Waals surface area contributed by atoms with Crippen LogP contribution >= 0.6 is 0 Å². The molecule has 0 aliphatic rings. The minimum atomic E-state index is 0.417. The van der Waals surface area contributed by atoms with E-state index in [0.717, 1.165) is 29.4 Å². The molecule has 1 unspecified atom stereocenters. The number of rotatable bonds is 8. The van der Waals surface area contributed by atoms with E-state index in [4.69, 9.17) is 12.2 Å². The van der Waals surface area contributed by atoms with E-state index >= 15 is 0 Å². The van der Waals surface area contributed by atoms with Crippen molar-refractivity contribution < 1.29 is 0 Å². The molecular weight excluding hydrogens is 272 g/mol. The van der Waals surface area contributed by atoms with E-state index < -0.39 is 0 Å². The highest BCUT2D eigenvalue weighted by molar-refractivity contribution is 5.92. The second kappa shape index (κ2) is 7.84. The van der Waals surface area contributed by atoms with Crippen LogP contribution in [0.4, 0.5) is 5.82 Å². The molecular formula is C18H26N4. The van der Waals surface area contributed by atoms with Crippen LogP contribution in [-0.2, 0) is 0 Å². The lowest BCUT2D eigenvalue weighted by molar-refractivity contribution is 0.435. The third-order valence-electron chi connectivity index (χ3n) is 4.30. The number of hydrogen-bond acceptors (Lipinski definition) is 3. The molecule has 0 aliphatic carbocycles. The Morgan fingerprint density at radius 2 is 2.00 bits per heavy atom. The van der Waals surface area contributed by atoms with Gasteiger partial charge in [0.1, 0.15) is 17.8 Å². The minimum Gasteiger partial charge on any atom is -0.383 e. The Morgan fingerprint density at radius 3 is 2.68 bits per heavy atom. The van der Waals surface area contributed by atoms with Gasteiger partial charge in [0, 0.05) is 12.2 Å². The molecule has 0 aliphatic heterocycles. The summed E-state index contributed by atoms with van der Waals surface area (Å²) < 4.78 is 2.20. The van der Waals surface area contributed by atoms with Gasteiger partial charge in [0.25, 0.3) is 0 Å². The van der Waals surface area contributed by atoms with Crippen molar-refractivity contribution in [2.45, 2.75) is 64.8 Å². The minimum absolute atomic E-state index is 0.417. The molecule has 0 fully saturated rings. The predicted octanol–water partition coefficient (Wildman–Crippen LogP) is 4.31. The first-order valence-electron chi connectivity index (χ1n) is 8.30. The van der Waals surface area contributed by atoms with E-state index in [2.05, 4.69) is 34.3 Å². The molecule has 2 aromatic rings. The van der Waals surface area contributed by atoms with Crippen molar-refractivity contribution in [3.63, 3.8) is 0 Å². The molecule has 0 aromatic carbocycles. The van der Waals surface area contributed by atoms with Gasteiger partial charge < -0.3 is 10.3 Å². The van der Waals surface area contributed by atoms with Crippen LogP contribution in [0.15, 0.2) is 12.5 Å². The van der Waals surface area contributed by atoms with Crippen LogP contribution in [0.2, 0.25) is 0 Å². The van der Waals surface area contributed by atoms with Gasteiger partial charge in [0.2, 0.25) is 0 Å². The summed E-state index contributed by atoms with van der Waals surface area (Å²) >= 11 is 0. The lowest BCUT2D eigenvalue weighted by Crippen LogP contribution is -2.08. The highest BCUT2D eigenvalue weighted by Gasteiger charge is 2.17. The Morgan fingerprint density at radius 1 is 1.23 bits per heavy atom. The average molecular weight is 298 g/mol. The van der Waals surface area contributed by atoms with Crippen LogP contribution in [0.25, 0.3) is 11.0 Å². The lowest BCUT2D eigenvalue weighted by Gasteiger charge is -2.17. The molecule has 4 nitrogen and oxygen atoms in total. The number of anilines is 1. The van der Waals surface area contributed by atoms with Crippen LogP contribution in [0.1, 0.15) is 70.4 Å². The Balaban J connectivity index is 2.21. The number of terminal acetylenes is 1. The van der Waals surface area contributed by atoms with Crippen LogP contribution in [0, 0.1) is 12.3 Å². The van der Waals surface area contributed by atoms with Gasteiger partial charge in [-0.1, -0.05) is 51.9 Å². The monoisotopic (exact) mass is 298 g/mol. The molecule has 0 radical (unpaired) electrons. The molecule has 0 bridgehead atoms.